The molecule has 4 nitrogen and oxygen atoms in total. The minimum absolute atomic E-state index is 0.0578. The fraction of sp³-hybridized carbons (Fsp3) is 0.793. The molecule has 6 saturated carbocycles. The molecule has 0 spiro atoms. The summed E-state index contributed by atoms with van der Waals surface area (Å²) in [5.74, 6) is 5.01. The highest BCUT2D eigenvalue weighted by molar-refractivity contribution is 6.01. The zero-order chi connectivity index (χ0) is 22.6. The van der Waals surface area contributed by atoms with E-state index in [2.05, 4.69) is 30.6 Å². The zero-order valence-electron chi connectivity index (χ0n) is 20.4. The van der Waals surface area contributed by atoms with Crippen molar-refractivity contribution in [3.8, 4) is 0 Å². The molecule has 0 aromatic rings. The van der Waals surface area contributed by atoms with Crippen LogP contribution in [-0.4, -0.2) is 23.8 Å². The first-order valence-corrected chi connectivity index (χ1v) is 13.8. The van der Waals surface area contributed by atoms with Crippen molar-refractivity contribution in [2.45, 2.75) is 83.6 Å². The number of carbonyl (C=O) groups is 2. The second kappa shape index (κ2) is 6.76. The number of amides is 1. The van der Waals surface area contributed by atoms with Crippen LogP contribution >= 0.6 is 0 Å². The molecule has 1 aliphatic heterocycles. The molecule has 4 bridgehead atoms. The Morgan fingerprint density at radius 3 is 2.39 bits per heavy atom. The smallest absolute Gasteiger partial charge is 0.224 e. The highest BCUT2D eigenvalue weighted by Gasteiger charge is 2.61. The van der Waals surface area contributed by atoms with Gasteiger partial charge in [-0.1, -0.05) is 19.9 Å². The monoisotopic (exact) mass is 448 g/mol. The summed E-state index contributed by atoms with van der Waals surface area (Å²) in [5.41, 5.74) is 1.30. The largest absolute Gasteiger partial charge is 0.387 e. The van der Waals surface area contributed by atoms with Crippen LogP contribution in [0.2, 0.25) is 0 Å². The first-order valence-electron chi connectivity index (χ1n) is 13.8. The molecule has 3 unspecified atom stereocenters. The molecule has 0 aromatic heterocycles. The van der Waals surface area contributed by atoms with Gasteiger partial charge in [-0.2, -0.15) is 0 Å². The molecule has 1 amide bonds. The summed E-state index contributed by atoms with van der Waals surface area (Å²) in [4.78, 5) is 25.9. The van der Waals surface area contributed by atoms with Crippen molar-refractivity contribution in [1.82, 2.24) is 10.6 Å². The fourth-order valence-electron chi connectivity index (χ4n) is 10.8. The molecule has 7 aliphatic carbocycles. The van der Waals surface area contributed by atoms with E-state index in [1.807, 2.05) is 6.08 Å². The van der Waals surface area contributed by atoms with Crippen LogP contribution in [0.4, 0.5) is 0 Å². The lowest BCUT2D eigenvalue weighted by molar-refractivity contribution is -0.137. The zero-order valence-corrected chi connectivity index (χ0v) is 20.4. The predicted molar refractivity (Wildman–Crippen MR) is 128 cm³/mol. The number of nitrogens with one attached hydrogen (secondary N) is 2. The maximum atomic E-state index is 13.9. The number of allylic oxidation sites excluding steroid dienone is 3. The van der Waals surface area contributed by atoms with Crippen molar-refractivity contribution >= 4 is 11.7 Å². The Kier molecular flexibility index (Phi) is 4.25. The van der Waals surface area contributed by atoms with Gasteiger partial charge in [-0.3, -0.25) is 9.59 Å². The number of hydrogen-bond acceptors (Lipinski definition) is 3. The third kappa shape index (κ3) is 2.88. The normalized spacial score (nSPS) is 53.6. The summed E-state index contributed by atoms with van der Waals surface area (Å²) in [6, 6.07) is 0. The number of rotatable bonds is 2. The quantitative estimate of drug-likeness (QED) is 0.640. The average Bonchev–Trinajstić information content (AvgIpc) is 3.10. The number of fused-ring (bicyclic) bond motifs is 5. The Labute approximate surface area is 198 Å². The van der Waals surface area contributed by atoms with Crippen LogP contribution < -0.4 is 10.6 Å². The maximum absolute atomic E-state index is 13.9. The van der Waals surface area contributed by atoms with Crippen molar-refractivity contribution in [3.05, 3.63) is 23.9 Å². The van der Waals surface area contributed by atoms with Crippen molar-refractivity contribution in [1.29, 1.82) is 0 Å². The molecule has 0 aromatic carbocycles. The van der Waals surface area contributed by atoms with Gasteiger partial charge in [0.05, 0.1) is 0 Å². The number of ketones is 1. The van der Waals surface area contributed by atoms with Gasteiger partial charge in [-0.15, -0.1) is 0 Å². The first kappa shape index (κ1) is 20.8. The Bertz CT molecular complexity index is 929. The molecular weight excluding hydrogens is 408 g/mol. The summed E-state index contributed by atoms with van der Waals surface area (Å²) in [6.07, 6.45) is 18.3. The van der Waals surface area contributed by atoms with Gasteiger partial charge in [-0.05, 0) is 111 Å². The molecular formula is C29H40N2O2. The van der Waals surface area contributed by atoms with E-state index in [0.29, 0.717) is 23.7 Å². The molecule has 4 heteroatoms. The van der Waals surface area contributed by atoms with Gasteiger partial charge in [0.15, 0.2) is 5.78 Å². The van der Waals surface area contributed by atoms with Gasteiger partial charge in [0.25, 0.3) is 0 Å². The minimum atomic E-state index is -0.0578. The molecule has 0 radical (unpaired) electrons. The molecule has 6 atom stereocenters. The van der Waals surface area contributed by atoms with Crippen LogP contribution in [0.1, 0.15) is 78.1 Å². The van der Waals surface area contributed by atoms with Crippen LogP contribution in [0, 0.1) is 52.3 Å². The summed E-state index contributed by atoms with van der Waals surface area (Å²) in [6.45, 7) is 5.72. The number of hydrogen-bond donors (Lipinski definition) is 2. The topological polar surface area (TPSA) is 58.2 Å². The Hall–Kier alpha value is -1.58. The van der Waals surface area contributed by atoms with Crippen LogP contribution in [0.25, 0.3) is 0 Å². The maximum Gasteiger partial charge on any atom is 0.224 e. The standard InChI is InChI=1S/C29H40N2O2/c1-27-8-6-23-21(16-30-25-12-20(32)5-7-28(23,25)2)22(27)3-4-24(27)26(33)31-29-13-17-9-18(14-29)11-19(10-17)15-29/h5,7,12,17-19,21-24,30H,3-4,6,8-11,13-16H2,1-2H3,(H,31,33)/t17?,18?,19?,21?,22?,23?,24-,27+,28-,29?/m1/s1. The summed E-state index contributed by atoms with van der Waals surface area (Å²) >= 11 is 0. The number of carbonyl (C=O) groups excluding carboxylic acids is 2. The van der Waals surface area contributed by atoms with Crippen molar-refractivity contribution in [2.75, 3.05) is 6.54 Å². The second-order valence-electron chi connectivity index (χ2n) is 13.7. The molecule has 2 N–H and O–H groups in total. The first-order chi connectivity index (χ1) is 15.8. The van der Waals surface area contributed by atoms with Gasteiger partial charge >= 0.3 is 0 Å². The third-order valence-electron chi connectivity index (χ3n) is 11.9. The average molecular weight is 449 g/mol. The van der Waals surface area contributed by atoms with E-state index in [9.17, 15) is 9.59 Å². The van der Waals surface area contributed by atoms with E-state index in [0.717, 1.165) is 49.3 Å². The van der Waals surface area contributed by atoms with E-state index < -0.39 is 0 Å². The van der Waals surface area contributed by atoms with Crippen LogP contribution in [0.15, 0.2) is 23.9 Å². The molecule has 1 saturated heterocycles. The number of piperidine rings is 1. The Morgan fingerprint density at radius 1 is 1.00 bits per heavy atom. The summed E-state index contributed by atoms with van der Waals surface area (Å²) in [7, 11) is 0. The third-order valence-corrected chi connectivity index (χ3v) is 11.9. The van der Waals surface area contributed by atoms with Gasteiger partial charge in [-0.25, -0.2) is 0 Å². The van der Waals surface area contributed by atoms with Gasteiger partial charge in [0, 0.05) is 35.2 Å². The summed E-state index contributed by atoms with van der Waals surface area (Å²) < 4.78 is 0. The molecule has 33 heavy (non-hydrogen) atoms. The van der Waals surface area contributed by atoms with Gasteiger partial charge < -0.3 is 10.6 Å². The lowest BCUT2D eigenvalue weighted by Crippen LogP contribution is -2.62. The molecule has 178 valence electrons. The van der Waals surface area contributed by atoms with Crippen molar-refractivity contribution < 1.29 is 9.59 Å². The Balaban J connectivity index is 1.11. The lowest BCUT2D eigenvalue weighted by Gasteiger charge is -2.58. The predicted octanol–water partition coefficient (Wildman–Crippen LogP) is 4.76. The molecule has 8 rings (SSSR count). The van der Waals surface area contributed by atoms with E-state index in [1.165, 1.54) is 44.9 Å². The van der Waals surface area contributed by atoms with Crippen molar-refractivity contribution in [2.24, 2.45) is 52.3 Å². The molecule has 1 heterocycles. The molecule has 8 aliphatic rings. The van der Waals surface area contributed by atoms with E-state index in [1.54, 1.807) is 6.08 Å². The minimum Gasteiger partial charge on any atom is -0.387 e. The Morgan fingerprint density at radius 2 is 1.70 bits per heavy atom. The fourth-order valence-corrected chi connectivity index (χ4v) is 10.8. The highest BCUT2D eigenvalue weighted by Crippen LogP contribution is 2.64. The summed E-state index contributed by atoms with van der Waals surface area (Å²) in [5, 5.41) is 7.40. The van der Waals surface area contributed by atoms with Gasteiger partial charge in [0.2, 0.25) is 5.91 Å². The van der Waals surface area contributed by atoms with E-state index in [-0.39, 0.29) is 28.1 Å². The second-order valence-corrected chi connectivity index (χ2v) is 13.7. The van der Waals surface area contributed by atoms with Gasteiger partial charge in [0.1, 0.15) is 0 Å². The van der Waals surface area contributed by atoms with Crippen LogP contribution in [0.3, 0.4) is 0 Å². The van der Waals surface area contributed by atoms with Crippen molar-refractivity contribution in [3.63, 3.8) is 0 Å². The SMILES string of the molecule is C[C@]12C=CC(=O)C=C1NCC1C2CC[C@@]2(C)C1CC[C@@H]2C(=O)NC12CC3CC(CC(C3)C1)C2. The lowest BCUT2D eigenvalue weighted by atomic mass is 9.50. The molecule has 7 fully saturated rings. The van der Waals surface area contributed by atoms with Crippen LogP contribution in [0.5, 0.6) is 0 Å². The van der Waals surface area contributed by atoms with Crippen LogP contribution in [-0.2, 0) is 9.59 Å². The van der Waals surface area contributed by atoms with E-state index in [4.69, 9.17) is 0 Å². The highest BCUT2D eigenvalue weighted by atomic mass is 16.2. The van der Waals surface area contributed by atoms with E-state index >= 15 is 0 Å².